The van der Waals surface area contributed by atoms with E-state index < -0.39 is 0 Å². The quantitative estimate of drug-likeness (QED) is 0.111. The van der Waals surface area contributed by atoms with E-state index in [2.05, 4.69) is 61.5 Å². The molecule has 1 N–H and O–H groups in total. The molecule has 0 bridgehead atoms. The fraction of sp³-hybridized carbons (Fsp3) is 0.333. The predicted molar refractivity (Wildman–Crippen MR) is 165 cm³/mol. The minimum Gasteiger partial charge on any atom is -0.512 e. The van der Waals surface area contributed by atoms with E-state index in [-0.39, 0.29) is 43.5 Å². The molecule has 2 heterocycles. The third kappa shape index (κ3) is 6.63. The van der Waals surface area contributed by atoms with Gasteiger partial charge in [0.1, 0.15) is 5.58 Å². The van der Waals surface area contributed by atoms with Gasteiger partial charge < -0.3 is 14.5 Å². The number of hydrogen-bond acceptors (Lipinski definition) is 4. The van der Waals surface area contributed by atoms with Crippen molar-refractivity contribution in [2.75, 3.05) is 0 Å². The molecule has 1 radical (unpaired) electrons. The molecule has 4 nitrogen and oxygen atoms in total. The smallest absolute Gasteiger partial charge is 0.161 e. The molecule has 0 unspecified atom stereocenters. The third-order valence-corrected chi connectivity index (χ3v) is 7.89. The van der Waals surface area contributed by atoms with Crippen LogP contribution in [0.2, 0.25) is 0 Å². The van der Waals surface area contributed by atoms with E-state index in [1.165, 1.54) is 48.3 Å². The zero-order valence-corrected chi connectivity index (χ0v) is 26.9. The van der Waals surface area contributed by atoms with Crippen LogP contribution in [0.5, 0.6) is 0 Å². The first-order chi connectivity index (χ1) is 19.2. The second kappa shape index (κ2) is 13.1. The van der Waals surface area contributed by atoms with Crippen LogP contribution in [0.3, 0.4) is 0 Å². The summed E-state index contributed by atoms with van der Waals surface area (Å²) in [6, 6.07) is 22.9. The maximum Gasteiger partial charge on any atom is 0.161 e. The average Bonchev–Trinajstić information content (AvgIpc) is 3.60. The molecular weight excluding hydrogens is 687 g/mol. The Labute approximate surface area is 256 Å². The Morgan fingerprint density at radius 3 is 2.41 bits per heavy atom. The number of aryl methyl sites for hydroxylation is 1. The number of furan rings is 1. The molecule has 5 heteroatoms. The van der Waals surface area contributed by atoms with E-state index in [1.54, 1.807) is 0 Å². The van der Waals surface area contributed by atoms with Gasteiger partial charge in [0.2, 0.25) is 0 Å². The van der Waals surface area contributed by atoms with Crippen LogP contribution in [-0.2, 0) is 24.9 Å². The molecule has 6 rings (SSSR count). The molecule has 3 aromatic carbocycles. The van der Waals surface area contributed by atoms with Crippen LogP contribution in [0, 0.1) is 24.8 Å². The topological polar surface area (TPSA) is 63.3 Å². The number of benzene rings is 3. The van der Waals surface area contributed by atoms with E-state index >= 15 is 0 Å². The van der Waals surface area contributed by atoms with Gasteiger partial charge in [-0.1, -0.05) is 81.8 Å². The number of pyridine rings is 1. The molecule has 1 aliphatic rings. The van der Waals surface area contributed by atoms with Gasteiger partial charge in [-0.3, -0.25) is 4.79 Å². The van der Waals surface area contributed by atoms with Crippen LogP contribution < -0.4 is 0 Å². The molecule has 0 amide bonds. The molecule has 1 fully saturated rings. The fourth-order valence-electron chi connectivity index (χ4n) is 5.41. The summed E-state index contributed by atoms with van der Waals surface area (Å²) in [5, 5.41) is 13.9. The van der Waals surface area contributed by atoms with Crippen LogP contribution >= 0.6 is 0 Å². The summed E-state index contributed by atoms with van der Waals surface area (Å²) in [5.41, 5.74) is 6.34. The second-order valence-electron chi connectivity index (χ2n) is 11.6. The predicted octanol–water partition coefficient (Wildman–Crippen LogP) is 9.87. The van der Waals surface area contributed by atoms with Crippen molar-refractivity contribution in [1.82, 2.24) is 4.98 Å². The zero-order valence-electron chi connectivity index (χ0n) is 24.5. The van der Waals surface area contributed by atoms with Gasteiger partial charge in [-0.25, -0.2) is 0 Å². The standard InChI is InChI=1S/C27H22NO.C9H16O2.Ir/c1-17-9-11-22-23-7-4-8-24(27(23)29-25(22)15-17)26-21-12-10-19(18-5-2-3-6-18)16-20(21)13-14-28-26;1-6(2)8(10)5-9(11)7(3)4;/h4,7,9-16,18H,2-3,5-6H2,1H3;5-7,10H,1-4H3;/q-1;;/b;8-5-;. The monoisotopic (exact) mass is 725 g/mol. The van der Waals surface area contributed by atoms with Crippen molar-refractivity contribution < 1.29 is 34.4 Å². The molecule has 5 aromatic rings. The molecule has 2 aromatic heterocycles. The maximum absolute atomic E-state index is 11.0. The SMILES string of the molecule is CC(C)C(=O)/C=C(\O)C(C)C.Cc1ccc2c(c1)oc1c(-c3nccc4cc(C5CCCC5)ccc34)[c-]ccc12.[Ir]. The summed E-state index contributed by atoms with van der Waals surface area (Å²) in [6.45, 7) is 9.41. The van der Waals surface area contributed by atoms with Gasteiger partial charge >= 0.3 is 0 Å². The third-order valence-electron chi connectivity index (χ3n) is 7.89. The summed E-state index contributed by atoms with van der Waals surface area (Å²) >= 11 is 0. The number of carbonyl (C=O) groups excluding carboxylic acids is 1. The first kappa shape index (κ1) is 30.7. The van der Waals surface area contributed by atoms with Crippen LogP contribution in [0.4, 0.5) is 0 Å². The van der Waals surface area contributed by atoms with Crippen LogP contribution in [-0.4, -0.2) is 15.9 Å². The molecule has 0 saturated heterocycles. The number of rotatable bonds is 5. The number of aliphatic hydroxyl groups is 1. The number of hydrogen-bond donors (Lipinski definition) is 1. The first-order valence-electron chi connectivity index (χ1n) is 14.4. The largest absolute Gasteiger partial charge is 0.512 e. The van der Waals surface area contributed by atoms with E-state index in [9.17, 15) is 9.90 Å². The molecule has 1 aliphatic carbocycles. The maximum atomic E-state index is 11.0. The summed E-state index contributed by atoms with van der Waals surface area (Å²) in [6.07, 6.45) is 8.56. The molecule has 41 heavy (non-hydrogen) atoms. The van der Waals surface area contributed by atoms with Crippen LogP contribution in [0.15, 0.2) is 77.0 Å². The Balaban J connectivity index is 0.000000279. The minimum atomic E-state index is -0.0316. The molecule has 215 valence electrons. The van der Waals surface area contributed by atoms with E-state index in [0.29, 0.717) is 5.92 Å². The normalized spacial score (nSPS) is 14.1. The van der Waals surface area contributed by atoms with Crippen molar-refractivity contribution in [2.24, 2.45) is 11.8 Å². The van der Waals surface area contributed by atoms with Gasteiger partial charge in [-0.15, -0.1) is 18.2 Å². The Morgan fingerprint density at radius 1 is 0.976 bits per heavy atom. The molecule has 0 atom stereocenters. The van der Waals surface area contributed by atoms with Gasteiger partial charge in [0, 0.05) is 49.6 Å². The summed E-state index contributed by atoms with van der Waals surface area (Å²) in [4.78, 5) is 15.8. The van der Waals surface area contributed by atoms with Crippen LogP contribution in [0.25, 0.3) is 44.0 Å². The summed E-state index contributed by atoms with van der Waals surface area (Å²) in [7, 11) is 0. The Hall–Kier alpha value is -3.27. The average molecular weight is 725 g/mol. The Bertz CT molecular complexity index is 1710. The fourth-order valence-corrected chi connectivity index (χ4v) is 5.41. The van der Waals surface area contributed by atoms with Gasteiger partial charge in [0.05, 0.1) is 11.3 Å². The van der Waals surface area contributed by atoms with Crippen molar-refractivity contribution in [3.8, 4) is 11.3 Å². The van der Waals surface area contributed by atoms with E-state index in [1.807, 2.05) is 40.0 Å². The molecule has 0 spiro atoms. The van der Waals surface area contributed by atoms with Gasteiger partial charge in [-0.05, 0) is 65.4 Å². The Morgan fingerprint density at radius 2 is 1.71 bits per heavy atom. The molecular formula is C36H38IrNO3-. The van der Waals surface area contributed by atoms with Gasteiger partial charge in [0.25, 0.3) is 0 Å². The number of fused-ring (bicyclic) bond motifs is 4. The number of allylic oxidation sites excluding steroid dienone is 2. The summed E-state index contributed by atoms with van der Waals surface area (Å²) < 4.78 is 6.30. The zero-order chi connectivity index (χ0) is 28.4. The van der Waals surface area contributed by atoms with Crippen molar-refractivity contribution in [3.63, 3.8) is 0 Å². The van der Waals surface area contributed by atoms with Gasteiger partial charge in [-0.2, -0.15) is 0 Å². The number of ketones is 1. The van der Waals surface area contributed by atoms with Crippen molar-refractivity contribution in [2.45, 2.75) is 66.2 Å². The number of carbonyl (C=O) groups is 1. The molecule has 0 aliphatic heterocycles. The van der Waals surface area contributed by atoms with Crippen molar-refractivity contribution in [3.05, 3.63) is 89.8 Å². The van der Waals surface area contributed by atoms with Crippen LogP contribution in [0.1, 0.15) is 70.4 Å². The number of nitrogens with zero attached hydrogens (tertiary/aromatic N) is 1. The molecule has 1 saturated carbocycles. The number of aliphatic hydroxyl groups excluding tert-OH is 1. The minimum absolute atomic E-state index is 0. The first-order valence-corrected chi connectivity index (χ1v) is 14.4. The summed E-state index contributed by atoms with van der Waals surface area (Å²) in [5.74, 6) is 0.873. The van der Waals surface area contributed by atoms with E-state index in [0.717, 1.165) is 38.6 Å². The van der Waals surface area contributed by atoms with Gasteiger partial charge in [0.15, 0.2) is 5.78 Å². The van der Waals surface area contributed by atoms with Crippen molar-refractivity contribution in [1.29, 1.82) is 0 Å². The number of aromatic nitrogens is 1. The van der Waals surface area contributed by atoms with E-state index in [4.69, 9.17) is 9.40 Å². The van der Waals surface area contributed by atoms with Crippen molar-refractivity contribution >= 4 is 38.5 Å². The Kier molecular flexibility index (Phi) is 9.84. The second-order valence-corrected chi connectivity index (χ2v) is 11.6.